The first-order chi connectivity index (χ1) is 8.04. The Hall–Kier alpha value is -1.33. The lowest BCUT2D eigenvalue weighted by Crippen LogP contribution is -2.18. The van der Waals surface area contributed by atoms with Gasteiger partial charge in [-0.25, -0.2) is 0 Å². The van der Waals surface area contributed by atoms with E-state index in [1.807, 2.05) is 0 Å². The minimum atomic E-state index is 0.226. The molecule has 0 saturated heterocycles. The van der Waals surface area contributed by atoms with Gasteiger partial charge in [-0.2, -0.15) is 5.26 Å². The van der Waals surface area contributed by atoms with Crippen LogP contribution in [0.25, 0.3) is 0 Å². The number of nitriles is 1. The first kappa shape index (κ1) is 13.7. The lowest BCUT2D eigenvalue weighted by molar-refractivity contribution is 0.590. The number of hydrogen-bond donors (Lipinski definition) is 1. The molecule has 0 aromatic heterocycles. The van der Waals surface area contributed by atoms with Gasteiger partial charge in [0, 0.05) is 13.0 Å². The summed E-state index contributed by atoms with van der Waals surface area (Å²) in [7, 11) is 0. The van der Waals surface area contributed by atoms with E-state index in [9.17, 15) is 0 Å². The van der Waals surface area contributed by atoms with Gasteiger partial charge in [0.05, 0.1) is 6.07 Å². The van der Waals surface area contributed by atoms with Gasteiger partial charge in [-0.15, -0.1) is 0 Å². The van der Waals surface area contributed by atoms with Crippen molar-refractivity contribution in [1.82, 2.24) is 5.32 Å². The molecule has 1 aromatic rings. The molecule has 0 amide bonds. The smallest absolute Gasteiger partial charge is 0.0635 e. The second-order valence-corrected chi connectivity index (χ2v) is 5.36. The van der Waals surface area contributed by atoms with Crippen LogP contribution in [0.5, 0.6) is 0 Å². The third-order valence-electron chi connectivity index (χ3n) is 2.82. The van der Waals surface area contributed by atoms with E-state index in [1.54, 1.807) is 0 Å². The maximum Gasteiger partial charge on any atom is 0.0635 e. The Balaban J connectivity index is 2.39. The summed E-state index contributed by atoms with van der Waals surface area (Å²) in [6.07, 6.45) is 1.61. The highest BCUT2D eigenvalue weighted by atomic mass is 14.8. The molecule has 0 spiro atoms. The largest absolute Gasteiger partial charge is 0.315 e. The Morgan fingerprint density at radius 2 is 1.76 bits per heavy atom. The fourth-order valence-electron chi connectivity index (χ4n) is 1.67. The summed E-state index contributed by atoms with van der Waals surface area (Å²) in [5, 5.41) is 11.7. The first-order valence-corrected chi connectivity index (χ1v) is 6.21. The van der Waals surface area contributed by atoms with Crippen LogP contribution in [0.1, 0.15) is 38.3 Å². The van der Waals surface area contributed by atoms with Gasteiger partial charge in [0.25, 0.3) is 0 Å². The van der Waals surface area contributed by atoms with Crippen LogP contribution in [0.15, 0.2) is 24.3 Å². The Kier molecular flexibility index (Phi) is 5.18. The molecular weight excluding hydrogens is 208 g/mol. The molecule has 0 aliphatic rings. The highest BCUT2D eigenvalue weighted by Gasteiger charge is 2.12. The van der Waals surface area contributed by atoms with Crippen molar-refractivity contribution in [2.45, 2.75) is 39.0 Å². The average Bonchev–Trinajstić information content (AvgIpc) is 2.28. The number of hydrogen-bond acceptors (Lipinski definition) is 2. The van der Waals surface area contributed by atoms with Crippen LogP contribution in [-0.2, 0) is 11.8 Å². The summed E-state index contributed by atoms with van der Waals surface area (Å²) >= 11 is 0. The van der Waals surface area contributed by atoms with Crippen molar-refractivity contribution in [2.75, 3.05) is 13.1 Å². The molecule has 0 aliphatic heterocycles. The summed E-state index contributed by atoms with van der Waals surface area (Å²) < 4.78 is 0. The SMILES string of the molecule is CC(C)(C)c1ccc(CCNCCC#N)cc1. The van der Waals surface area contributed by atoms with Gasteiger partial charge in [-0.1, -0.05) is 45.0 Å². The van der Waals surface area contributed by atoms with Gasteiger partial charge < -0.3 is 5.32 Å². The molecule has 0 atom stereocenters. The topological polar surface area (TPSA) is 35.8 Å². The zero-order valence-electron chi connectivity index (χ0n) is 11.1. The Bertz CT molecular complexity index is 365. The Labute approximate surface area is 105 Å². The number of rotatable bonds is 5. The van der Waals surface area contributed by atoms with E-state index in [-0.39, 0.29) is 5.41 Å². The highest BCUT2D eigenvalue weighted by Crippen LogP contribution is 2.22. The fourth-order valence-corrected chi connectivity index (χ4v) is 1.67. The molecule has 2 heteroatoms. The van der Waals surface area contributed by atoms with Gasteiger partial charge in [0.2, 0.25) is 0 Å². The molecule has 0 bridgehead atoms. The lowest BCUT2D eigenvalue weighted by Gasteiger charge is -2.19. The van der Waals surface area contributed by atoms with Crippen molar-refractivity contribution >= 4 is 0 Å². The van der Waals surface area contributed by atoms with Crippen LogP contribution in [0.4, 0.5) is 0 Å². The fraction of sp³-hybridized carbons (Fsp3) is 0.533. The van der Waals surface area contributed by atoms with Gasteiger partial charge in [-0.3, -0.25) is 0 Å². The van der Waals surface area contributed by atoms with Crippen LogP contribution in [0.3, 0.4) is 0 Å². The Morgan fingerprint density at radius 3 is 2.29 bits per heavy atom. The molecule has 17 heavy (non-hydrogen) atoms. The Morgan fingerprint density at radius 1 is 1.12 bits per heavy atom. The highest BCUT2D eigenvalue weighted by molar-refractivity contribution is 5.27. The predicted molar refractivity (Wildman–Crippen MR) is 71.9 cm³/mol. The van der Waals surface area contributed by atoms with Crippen LogP contribution >= 0.6 is 0 Å². The zero-order chi connectivity index (χ0) is 12.7. The van der Waals surface area contributed by atoms with E-state index in [0.29, 0.717) is 6.42 Å². The summed E-state index contributed by atoms with van der Waals surface area (Å²) in [6, 6.07) is 11.0. The minimum absolute atomic E-state index is 0.226. The molecular formula is C15H22N2. The maximum absolute atomic E-state index is 8.40. The second kappa shape index (κ2) is 6.42. The van der Waals surface area contributed by atoms with Crippen molar-refractivity contribution in [1.29, 1.82) is 5.26 Å². The van der Waals surface area contributed by atoms with Crippen LogP contribution in [-0.4, -0.2) is 13.1 Å². The van der Waals surface area contributed by atoms with Crippen molar-refractivity contribution in [2.24, 2.45) is 0 Å². The molecule has 0 aliphatic carbocycles. The molecule has 2 nitrogen and oxygen atoms in total. The molecule has 0 unspecified atom stereocenters. The van der Waals surface area contributed by atoms with E-state index >= 15 is 0 Å². The van der Waals surface area contributed by atoms with Crippen molar-refractivity contribution in [3.05, 3.63) is 35.4 Å². The third-order valence-corrected chi connectivity index (χ3v) is 2.82. The molecule has 0 saturated carbocycles. The molecule has 1 rings (SSSR count). The second-order valence-electron chi connectivity index (χ2n) is 5.36. The molecule has 1 aromatic carbocycles. The van der Waals surface area contributed by atoms with Crippen molar-refractivity contribution < 1.29 is 0 Å². The minimum Gasteiger partial charge on any atom is -0.315 e. The number of nitrogens with one attached hydrogen (secondary N) is 1. The van der Waals surface area contributed by atoms with Gasteiger partial charge in [-0.05, 0) is 29.5 Å². The summed E-state index contributed by atoms with van der Waals surface area (Å²) in [5.74, 6) is 0. The van der Waals surface area contributed by atoms with E-state index in [2.05, 4.69) is 56.4 Å². The average molecular weight is 230 g/mol. The van der Waals surface area contributed by atoms with Gasteiger partial charge >= 0.3 is 0 Å². The van der Waals surface area contributed by atoms with Crippen LogP contribution in [0, 0.1) is 11.3 Å². The van der Waals surface area contributed by atoms with E-state index in [4.69, 9.17) is 5.26 Å². The normalized spacial score (nSPS) is 11.2. The monoisotopic (exact) mass is 230 g/mol. The summed E-state index contributed by atoms with van der Waals surface area (Å²) in [5.41, 5.74) is 2.95. The summed E-state index contributed by atoms with van der Waals surface area (Å²) in [6.45, 7) is 8.41. The molecule has 0 fully saturated rings. The molecule has 0 heterocycles. The van der Waals surface area contributed by atoms with Crippen molar-refractivity contribution in [3.63, 3.8) is 0 Å². The molecule has 0 radical (unpaired) electrons. The standard InChI is InChI=1S/C15H22N2/c1-15(2,3)14-7-5-13(6-8-14)9-12-17-11-4-10-16/h5-8,17H,4,9,11-12H2,1-3H3. The third kappa shape index (κ3) is 5.01. The van der Waals surface area contributed by atoms with Crippen LogP contribution < -0.4 is 5.32 Å². The quantitative estimate of drug-likeness (QED) is 0.789. The molecule has 1 N–H and O–H groups in total. The van der Waals surface area contributed by atoms with E-state index in [0.717, 1.165) is 19.5 Å². The number of nitrogens with zero attached hydrogens (tertiary/aromatic N) is 1. The number of benzene rings is 1. The van der Waals surface area contributed by atoms with E-state index in [1.165, 1.54) is 11.1 Å². The lowest BCUT2D eigenvalue weighted by atomic mass is 9.86. The van der Waals surface area contributed by atoms with Crippen LogP contribution in [0.2, 0.25) is 0 Å². The molecule has 92 valence electrons. The maximum atomic E-state index is 8.40. The first-order valence-electron chi connectivity index (χ1n) is 6.21. The predicted octanol–water partition coefficient (Wildman–Crippen LogP) is 3.03. The van der Waals surface area contributed by atoms with Crippen molar-refractivity contribution in [3.8, 4) is 6.07 Å². The zero-order valence-corrected chi connectivity index (χ0v) is 11.1. The van der Waals surface area contributed by atoms with E-state index < -0.39 is 0 Å². The summed E-state index contributed by atoms with van der Waals surface area (Å²) in [4.78, 5) is 0. The van der Waals surface area contributed by atoms with Gasteiger partial charge in [0.15, 0.2) is 0 Å². The van der Waals surface area contributed by atoms with Gasteiger partial charge in [0.1, 0.15) is 0 Å².